The van der Waals surface area contributed by atoms with Crippen molar-refractivity contribution in [2.45, 2.75) is 32.0 Å². The van der Waals surface area contributed by atoms with E-state index >= 15 is 0 Å². The predicted molar refractivity (Wildman–Crippen MR) is 88.9 cm³/mol. The quantitative estimate of drug-likeness (QED) is 0.806. The second kappa shape index (κ2) is 8.61. The maximum absolute atomic E-state index is 13.6. The van der Waals surface area contributed by atoms with Gasteiger partial charge in [0.2, 0.25) is 0 Å². The molecule has 26 heavy (non-hydrogen) atoms. The molecule has 8 nitrogen and oxygen atoms in total. The molecule has 2 aromatic rings. The summed E-state index contributed by atoms with van der Waals surface area (Å²) in [6.07, 6.45) is 1.60. The van der Waals surface area contributed by atoms with Crippen LogP contribution in [-0.2, 0) is 13.0 Å². The van der Waals surface area contributed by atoms with Crippen LogP contribution >= 0.6 is 0 Å². The van der Waals surface area contributed by atoms with E-state index in [0.29, 0.717) is 44.7 Å². The van der Waals surface area contributed by atoms with E-state index in [1.807, 2.05) is 0 Å². The van der Waals surface area contributed by atoms with Gasteiger partial charge in [0, 0.05) is 38.9 Å². The molecule has 2 amide bonds. The first-order chi connectivity index (χ1) is 12.7. The lowest BCUT2D eigenvalue weighted by Gasteiger charge is -2.32. The molecule has 0 saturated carbocycles. The Hall–Kier alpha value is -2.68. The van der Waals surface area contributed by atoms with Gasteiger partial charge in [-0.25, -0.2) is 9.18 Å². The Kier molecular flexibility index (Phi) is 6.00. The molecule has 1 aromatic heterocycles. The zero-order chi connectivity index (χ0) is 18.4. The number of aromatic nitrogens is 2. The third-order valence-corrected chi connectivity index (χ3v) is 4.13. The molecule has 0 bridgehead atoms. The minimum atomic E-state index is -0.376. The Morgan fingerprint density at radius 3 is 2.85 bits per heavy atom. The smallest absolute Gasteiger partial charge is 0.317 e. The summed E-state index contributed by atoms with van der Waals surface area (Å²) >= 11 is 0. The molecule has 1 aliphatic heterocycles. The molecule has 9 heteroatoms. The number of rotatable bonds is 6. The van der Waals surface area contributed by atoms with Gasteiger partial charge in [-0.15, -0.1) is 0 Å². The lowest BCUT2D eigenvalue weighted by molar-refractivity contribution is 0.107. The Labute approximate surface area is 149 Å². The first kappa shape index (κ1) is 18.1. The number of aliphatic hydroxyl groups excluding tert-OH is 1. The summed E-state index contributed by atoms with van der Waals surface area (Å²) < 4.78 is 24.1. The summed E-state index contributed by atoms with van der Waals surface area (Å²) in [6, 6.07) is 6.16. The second-order valence-corrected chi connectivity index (χ2v) is 5.98. The minimum absolute atomic E-state index is 0.104. The third-order valence-electron chi connectivity index (χ3n) is 4.13. The molecule has 3 rings (SSSR count). The lowest BCUT2D eigenvalue weighted by Crippen LogP contribution is -2.47. The van der Waals surface area contributed by atoms with Gasteiger partial charge in [-0.1, -0.05) is 17.3 Å². The zero-order valence-corrected chi connectivity index (χ0v) is 14.2. The van der Waals surface area contributed by atoms with Gasteiger partial charge in [0.1, 0.15) is 12.7 Å². The van der Waals surface area contributed by atoms with Crippen LogP contribution in [0, 0.1) is 5.82 Å². The molecular formula is C17H21FN4O4. The molecule has 140 valence electrons. The van der Waals surface area contributed by atoms with Crippen LogP contribution in [0.25, 0.3) is 0 Å². The number of para-hydroxylation sites is 1. The van der Waals surface area contributed by atoms with E-state index in [1.165, 1.54) is 6.07 Å². The molecule has 1 aliphatic rings. The van der Waals surface area contributed by atoms with Crippen LogP contribution in [0.4, 0.5) is 9.18 Å². The topological polar surface area (TPSA) is 101 Å². The minimum Gasteiger partial charge on any atom is -0.487 e. The van der Waals surface area contributed by atoms with Crippen molar-refractivity contribution in [2.75, 3.05) is 19.6 Å². The van der Waals surface area contributed by atoms with Crippen LogP contribution in [0.2, 0.25) is 0 Å². The SMILES string of the molecule is O=C(NCCc1noc(CO)n1)N1CCC(Oc2ccccc2F)CC1. The van der Waals surface area contributed by atoms with Crippen molar-refractivity contribution in [3.8, 4) is 5.75 Å². The van der Waals surface area contributed by atoms with Gasteiger partial charge in [0.05, 0.1) is 0 Å². The molecule has 0 aliphatic carbocycles. The molecule has 2 N–H and O–H groups in total. The van der Waals surface area contributed by atoms with Crippen LogP contribution in [0.1, 0.15) is 24.6 Å². The summed E-state index contributed by atoms with van der Waals surface area (Å²) in [5.74, 6) is 0.464. The summed E-state index contributed by atoms with van der Waals surface area (Å²) in [5, 5.41) is 15.4. The van der Waals surface area contributed by atoms with Gasteiger partial charge in [-0.3, -0.25) is 0 Å². The molecule has 0 spiro atoms. The van der Waals surface area contributed by atoms with E-state index in [4.69, 9.17) is 14.4 Å². The van der Waals surface area contributed by atoms with E-state index < -0.39 is 0 Å². The molecule has 0 radical (unpaired) electrons. The van der Waals surface area contributed by atoms with Crippen LogP contribution in [0.3, 0.4) is 0 Å². The first-order valence-electron chi connectivity index (χ1n) is 8.52. The standard InChI is InChI=1S/C17H21FN4O4/c18-13-3-1-2-4-14(13)25-12-6-9-22(10-7-12)17(24)19-8-5-15-20-16(11-23)26-21-15/h1-4,12,23H,5-11H2,(H,19,24). The summed E-state index contributed by atoms with van der Waals surface area (Å²) in [6.45, 7) is 1.15. The fraction of sp³-hybridized carbons (Fsp3) is 0.471. The van der Waals surface area contributed by atoms with Gasteiger partial charge >= 0.3 is 6.03 Å². The number of hydrogen-bond acceptors (Lipinski definition) is 6. The fourth-order valence-corrected chi connectivity index (χ4v) is 2.75. The number of halogens is 1. The highest BCUT2D eigenvalue weighted by Gasteiger charge is 2.24. The van der Waals surface area contributed by atoms with Gasteiger partial charge < -0.3 is 24.6 Å². The highest BCUT2D eigenvalue weighted by atomic mass is 19.1. The van der Waals surface area contributed by atoms with E-state index in [9.17, 15) is 9.18 Å². The van der Waals surface area contributed by atoms with Crippen molar-refractivity contribution in [1.82, 2.24) is 20.4 Å². The highest BCUT2D eigenvalue weighted by molar-refractivity contribution is 5.74. The maximum atomic E-state index is 13.6. The average Bonchev–Trinajstić information content (AvgIpc) is 3.12. The zero-order valence-electron chi connectivity index (χ0n) is 14.2. The number of carbonyl (C=O) groups excluding carboxylic acids is 1. The maximum Gasteiger partial charge on any atom is 0.317 e. The number of nitrogens with one attached hydrogen (secondary N) is 1. The van der Waals surface area contributed by atoms with E-state index in [1.54, 1.807) is 23.1 Å². The van der Waals surface area contributed by atoms with Gasteiger partial charge in [-0.05, 0) is 12.1 Å². The molecule has 0 atom stereocenters. The Balaban J connectivity index is 1.38. The molecule has 1 aromatic carbocycles. The summed E-state index contributed by atoms with van der Waals surface area (Å²) in [4.78, 5) is 17.8. The van der Waals surface area contributed by atoms with Crippen LogP contribution < -0.4 is 10.1 Å². The summed E-state index contributed by atoms with van der Waals surface area (Å²) in [5.41, 5.74) is 0. The van der Waals surface area contributed by atoms with Gasteiger partial charge in [0.25, 0.3) is 5.89 Å². The second-order valence-electron chi connectivity index (χ2n) is 5.98. The molecule has 1 fully saturated rings. The number of aliphatic hydroxyl groups is 1. The molecule has 0 unspecified atom stereocenters. The molecule has 1 saturated heterocycles. The predicted octanol–water partition coefficient (Wildman–Crippen LogP) is 1.50. The number of hydrogen-bond donors (Lipinski definition) is 2. The van der Waals surface area contributed by atoms with Crippen molar-refractivity contribution in [3.63, 3.8) is 0 Å². The Morgan fingerprint density at radius 2 is 2.15 bits per heavy atom. The van der Waals surface area contributed by atoms with Gasteiger partial charge in [0.15, 0.2) is 17.4 Å². The molecular weight excluding hydrogens is 343 g/mol. The fourth-order valence-electron chi connectivity index (χ4n) is 2.75. The monoisotopic (exact) mass is 364 g/mol. The van der Waals surface area contributed by atoms with Crippen molar-refractivity contribution in [1.29, 1.82) is 0 Å². The number of urea groups is 1. The van der Waals surface area contributed by atoms with Crippen molar-refractivity contribution >= 4 is 6.03 Å². The van der Waals surface area contributed by atoms with Gasteiger partial charge in [-0.2, -0.15) is 4.98 Å². The first-order valence-corrected chi connectivity index (χ1v) is 8.52. The third kappa shape index (κ3) is 4.69. The largest absolute Gasteiger partial charge is 0.487 e. The number of carbonyl (C=O) groups is 1. The van der Waals surface area contributed by atoms with Crippen LogP contribution in [0.15, 0.2) is 28.8 Å². The number of ether oxygens (including phenoxy) is 1. The number of piperidine rings is 1. The normalized spacial score (nSPS) is 15.1. The van der Waals surface area contributed by atoms with Crippen molar-refractivity contribution in [2.24, 2.45) is 0 Å². The van der Waals surface area contributed by atoms with Crippen LogP contribution in [0.5, 0.6) is 5.75 Å². The summed E-state index contributed by atoms with van der Waals surface area (Å²) in [7, 11) is 0. The Bertz CT molecular complexity index is 731. The van der Waals surface area contributed by atoms with Crippen molar-refractivity contribution in [3.05, 3.63) is 41.8 Å². The van der Waals surface area contributed by atoms with Crippen LogP contribution in [-0.4, -0.2) is 51.9 Å². The van der Waals surface area contributed by atoms with E-state index in [0.717, 1.165) is 0 Å². The van der Waals surface area contributed by atoms with E-state index in [-0.39, 0.29) is 36.2 Å². The number of benzene rings is 1. The number of nitrogens with zero attached hydrogens (tertiary/aromatic N) is 3. The number of likely N-dealkylation sites (tertiary alicyclic amines) is 1. The number of amides is 2. The lowest BCUT2D eigenvalue weighted by atomic mass is 10.1. The Morgan fingerprint density at radius 1 is 1.38 bits per heavy atom. The van der Waals surface area contributed by atoms with E-state index in [2.05, 4.69) is 15.5 Å². The van der Waals surface area contributed by atoms with Crippen molar-refractivity contribution < 1.29 is 23.6 Å². The highest BCUT2D eigenvalue weighted by Crippen LogP contribution is 2.21. The average molecular weight is 364 g/mol. The molecule has 2 heterocycles.